The maximum atomic E-state index is 4.36. The molecular formula is C14H10BrN5. The third-order valence-electron chi connectivity index (χ3n) is 2.68. The van der Waals surface area contributed by atoms with Crippen LogP contribution < -0.4 is 5.32 Å². The summed E-state index contributed by atoms with van der Waals surface area (Å²) in [5, 5.41) is 11.1. The number of benzene rings is 1. The molecule has 0 radical (unpaired) electrons. The largest absolute Gasteiger partial charge is 0.324 e. The highest BCUT2D eigenvalue weighted by Gasteiger charge is 2.04. The number of anilines is 2. The minimum atomic E-state index is 0.508. The fraction of sp³-hybridized carbons (Fsp3) is 0.0714. The van der Waals surface area contributed by atoms with Crippen molar-refractivity contribution in [2.24, 2.45) is 0 Å². The van der Waals surface area contributed by atoms with Crippen LogP contribution in [0.3, 0.4) is 0 Å². The zero-order valence-corrected chi connectivity index (χ0v) is 12.2. The Kier molecular flexibility index (Phi) is 3.35. The molecule has 0 unspecified atom stereocenters. The number of hydrogen-bond donors (Lipinski definition) is 2. The first-order valence-electron chi connectivity index (χ1n) is 5.92. The second kappa shape index (κ2) is 5.31. The Morgan fingerprint density at radius 2 is 2.20 bits per heavy atom. The van der Waals surface area contributed by atoms with Crippen LogP contribution in [0, 0.1) is 11.8 Å². The molecule has 0 spiro atoms. The van der Waals surface area contributed by atoms with Gasteiger partial charge in [0.2, 0.25) is 5.95 Å². The van der Waals surface area contributed by atoms with Crippen molar-refractivity contribution in [1.29, 1.82) is 0 Å². The van der Waals surface area contributed by atoms with E-state index in [1.807, 2.05) is 18.2 Å². The summed E-state index contributed by atoms with van der Waals surface area (Å²) in [4.78, 5) is 8.58. The Morgan fingerprint density at radius 3 is 3.05 bits per heavy atom. The van der Waals surface area contributed by atoms with Gasteiger partial charge in [-0.05, 0) is 47.0 Å². The summed E-state index contributed by atoms with van der Waals surface area (Å²) in [5.41, 5.74) is 2.55. The summed E-state index contributed by atoms with van der Waals surface area (Å²) in [6, 6.07) is 5.88. The van der Waals surface area contributed by atoms with Gasteiger partial charge >= 0.3 is 0 Å². The summed E-state index contributed by atoms with van der Waals surface area (Å²) in [5.74, 6) is 6.26. The fourth-order valence-electron chi connectivity index (χ4n) is 1.78. The van der Waals surface area contributed by atoms with Crippen molar-refractivity contribution in [3.8, 4) is 11.8 Å². The average molecular weight is 328 g/mol. The van der Waals surface area contributed by atoms with Gasteiger partial charge in [-0.25, -0.2) is 9.97 Å². The summed E-state index contributed by atoms with van der Waals surface area (Å²) in [6.45, 7) is 1.77. The van der Waals surface area contributed by atoms with E-state index < -0.39 is 0 Å². The van der Waals surface area contributed by atoms with Crippen LogP contribution >= 0.6 is 15.9 Å². The maximum absolute atomic E-state index is 4.36. The normalized spacial score (nSPS) is 10.1. The van der Waals surface area contributed by atoms with E-state index in [0.717, 1.165) is 21.1 Å². The van der Waals surface area contributed by atoms with Gasteiger partial charge < -0.3 is 5.32 Å². The first kappa shape index (κ1) is 12.6. The van der Waals surface area contributed by atoms with Crippen LogP contribution in [-0.4, -0.2) is 20.2 Å². The molecule has 0 saturated heterocycles. The van der Waals surface area contributed by atoms with E-state index in [2.05, 4.69) is 53.3 Å². The molecule has 5 nitrogen and oxygen atoms in total. The van der Waals surface area contributed by atoms with Gasteiger partial charge in [0, 0.05) is 17.3 Å². The highest BCUT2D eigenvalue weighted by Crippen LogP contribution is 2.20. The van der Waals surface area contributed by atoms with Crippen LogP contribution in [0.4, 0.5) is 11.6 Å². The quantitative estimate of drug-likeness (QED) is 0.709. The molecule has 3 aromatic rings. The Labute approximate surface area is 124 Å². The lowest BCUT2D eigenvalue weighted by Gasteiger charge is -2.05. The van der Waals surface area contributed by atoms with Crippen molar-refractivity contribution in [3.63, 3.8) is 0 Å². The van der Waals surface area contributed by atoms with Crippen molar-refractivity contribution in [3.05, 3.63) is 40.8 Å². The molecule has 0 aliphatic heterocycles. The zero-order chi connectivity index (χ0) is 13.9. The Balaban J connectivity index is 1.93. The van der Waals surface area contributed by atoms with Gasteiger partial charge in [0.05, 0.1) is 16.2 Å². The molecule has 2 heterocycles. The smallest absolute Gasteiger partial charge is 0.228 e. The first-order valence-corrected chi connectivity index (χ1v) is 6.71. The van der Waals surface area contributed by atoms with Crippen molar-refractivity contribution < 1.29 is 0 Å². The number of halogens is 1. The van der Waals surface area contributed by atoms with Crippen molar-refractivity contribution in [2.75, 3.05) is 5.32 Å². The summed E-state index contributed by atoms with van der Waals surface area (Å²) >= 11 is 3.38. The maximum Gasteiger partial charge on any atom is 0.228 e. The van der Waals surface area contributed by atoms with E-state index in [9.17, 15) is 0 Å². The molecule has 0 fully saturated rings. The molecule has 2 N–H and O–H groups in total. The topological polar surface area (TPSA) is 66.5 Å². The number of nitrogens with one attached hydrogen (secondary N) is 2. The first-order chi connectivity index (χ1) is 9.76. The molecule has 0 saturated carbocycles. The van der Waals surface area contributed by atoms with E-state index in [0.29, 0.717) is 11.6 Å². The predicted octanol–water partition coefficient (Wildman–Crippen LogP) is 3.23. The standard InChI is InChI=1S/C14H10BrN5/c1-2-3-13-11(15)8-16-14(19-13)18-10-4-5-12-9(6-10)7-17-20-12/h4-8H,1H3,(H,17,20)(H,16,18,19). The zero-order valence-electron chi connectivity index (χ0n) is 10.6. The van der Waals surface area contributed by atoms with E-state index >= 15 is 0 Å². The fourth-order valence-corrected chi connectivity index (χ4v) is 2.07. The molecule has 1 aromatic carbocycles. The molecule has 3 rings (SSSR count). The molecule has 0 aliphatic carbocycles. The van der Waals surface area contributed by atoms with E-state index in [1.165, 1.54) is 0 Å². The van der Waals surface area contributed by atoms with Gasteiger partial charge in [-0.1, -0.05) is 5.92 Å². The van der Waals surface area contributed by atoms with Crippen LogP contribution in [0.15, 0.2) is 35.1 Å². The molecule has 0 atom stereocenters. The lowest BCUT2D eigenvalue weighted by Crippen LogP contribution is -1.99. The van der Waals surface area contributed by atoms with Crippen LogP contribution in [0.1, 0.15) is 12.6 Å². The van der Waals surface area contributed by atoms with Gasteiger partial charge in [-0.2, -0.15) is 5.10 Å². The molecule has 2 aromatic heterocycles. The van der Waals surface area contributed by atoms with Crippen molar-refractivity contribution in [1.82, 2.24) is 20.2 Å². The highest BCUT2D eigenvalue weighted by atomic mass is 79.9. The summed E-state index contributed by atoms with van der Waals surface area (Å²) < 4.78 is 0.780. The second-order valence-electron chi connectivity index (χ2n) is 4.06. The second-order valence-corrected chi connectivity index (χ2v) is 4.92. The van der Waals surface area contributed by atoms with E-state index in [-0.39, 0.29) is 0 Å². The summed E-state index contributed by atoms with van der Waals surface area (Å²) in [7, 11) is 0. The number of aromatic nitrogens is 4. The lowest BCUT2D eigenvalue weighted by atomic mass is 10.2. The number of H-pyrrole nitrogens is 1. The number of aromatic amines is 1. The minimum absolute atomic E-state index is 0.508. The molecule has 6 heteroatoms. The average Bonchev–Trinajstić information content (AvgIpc) is 2.90. The Bertz CT molecular complexity index is 828. The van der Waals surface area contributed by atoms with Crippen molar-refractivity contribution >= 4 is 38.5 Å². The van der Waals surface area contributed by atoms with Gasteiger partial charge in [0.25, 0.3) is 0 Å². The monoisotopic (exact) mass is 327 g/mol. The predicted molar refractivity (Wildman–Crippen MR) is 81.7 cm³/mol. The SMILES string of the molecule is CC#Cc1nc(Nc2ccc3[nH]ncc3c2)ncc1Br. The third kappa shape index (κ3) is 2.49. The van der Waals surface area contributed by atoms with Crippen LogP contribution in [0.5, 0.6) is 0 Å². The van der Waals surface area contributed by atoms with Gasteiger partial charge in [-0.3, -0.25) is 5.10 Å². The lowest BCUT2D eigenvalue weighted by molar-refractivity contribution is 1.12. The molecule has 0 amide bonds. The van der Waals surface area contributed by atoms with Crippen LogP contribution in [-0.2, 0) is 0 Å². The molecule has 0 bridgehead atoms. The number of nitrogens with zero attached hydrogens (tertiary/aromatic N) is 3. The third-order valence-corrected chi connectivity index (χ3v) is 3.26. The van der Waals surface area contributed by atoms with Gasteiger partial charge in [0.1, 0.15) is 5.69 Å². The number of fused-ring (bicyclic) bond motifs is 1. The molecular weight excluding hydrogens is 318 g/mol. The van der Waals surface area contributed by atoms with Gasteiger partial charge in [0.15, 0.2) is 0 Å². The number of hydrogen-bond acceptors (Lipinski definition) is 4. The summed E-state index contributed by atoms with van der Waals surface area (Å²) in [6.07, 6.45) is 3.46. The Morgan fingerprint density at radius 1 is 1.30 bits per heavy atom. The highest BCUT2D eigenvalue weighted by molar-refractivity contribution is 9.10. The van der Waals surface area contributed by atoms with Crippen LogP contribution in [0.2, 0.25) is 0 Å². The molecule has 98 valence electrons. The van der Waals surface area contributed by atoms with Gasteiger partial charge in [-0.15, -0.1) is 0 Å². The molecule has 0 aliphatic rings. The van der Waals surface area contributed by atoms with Crippen LogP contribution in [0.25, 0.3) is 10.9 Å². The van der Waals surface area contributed by atoms with E-state index in [1.54, 1.807) is 19.3 Å². The van der Waals surface area contributed by atoms with E-state index in [4.69, 9.17) is 0 Å². The number of rotatable bonds is 2. The van der Waals surface area contributed by atoms with Crippen molar-refractivity contribution in [2.45, 2.75) is 6.92 Å². The minimum Gasteiger partial charge on any atom is -0.324 e. The Hall–Kier alpha value is -2.39. The molecule has 20 heavy (non-hydrogen) atoms.